The smallest absolute Gasteiger partial charge is 0.313 e. The number of esters is 1. The van der Waals surface area contributed by atoms with Crippen molar-refractivity contribution in [3.05, 3.63) is 35.4 Å². The van der Waals surface area contributed by atoms with E-state index in [1.165, 1.54) is 0 Å². The summed E-state index contributed by atoms with van der Waals surface area (Å²) in [4.78, 5) is 23.4. The van der Waals surface area contributed by atoms with Gasteiger partial charge in [-0.25, -0.2) is 0 Å². The van der Waals surface area contributed by atoms with Gasteiger partial charge in [0.1, 0.15) is 17.8 Å². The first-order chi connectivity index (χ1) is 9.97. The summed E-state index contributed by atoms with van der Waals surface area (Å²) in [6, 6.07) is 9.55. The Morgan fingerprint density at radius 3 is 2.67 bits per heavy atom. The number of aryl methyl sites for hydroxylation is 1. The second-order valence-electron chi connectivity index (χ2n) is 5.85. The van der Waals surface area contributed by atoms with Gasteiger partial charge in [-0.2, -0.15) is 5.26 Å². The van der Waals surface area contributed by atoms with E-state index in [2.05, 4.69) is 6.07 Å². The molecule has 1 fully saturated rings. The first-order valence-electron chi connectivity index (χ1n) is 7.18. The van der Waals surface area contributed by atoms with Crippen molar-refractivity contribution in [2.45, 2.75) is 45.1 Å². The minimum atomic E-state index is -0.741. The fraction of sp³-hybridized carbons (Fsp3) is 0.471. The number of cyclic esters (lactones) is 1. The minimum absolute atomic E-state index is 0.0555. The van der Waals surface area contributed by atoms with Crippen molar-refractivity contribution in [3.63, 3.8) is 0 Å². The molecule has 0 radical (unpaired) electrons. The molecule has 21 heavy (non-hydrogen) atoms. The number of benzene rings is 1. The Kier molecular flexibility index (Phi) is 4.42. The van der Waals surface area contributed by atoms with Crippen molar-refractivity contribution in [1.82, 2.24) is 0 Å². The molecule has 1 unspecified atom stereocenters. The molecule has 1 aliphatic rings. The number of hydrogen-bond donors (Lipinski definition) is 0. The van der Waals surface area contributed by atoms with Gasteiger partial charge in [-0.3, -0.25) is 9.59 Å². The molecule has 0 spiro atoms. The average Bonchev–Trinajstić information content (AvgIpc) is 2.44. The summed E-state index contributed by atoms with van der Waals surface area (Å²) < 4.78 is 5.56. The summed E-state index contributed by atoms with van der Waals surface area (Å²) in [5, 5.41) is 9.12. The standard InChI is InChI=1S/C17H19NO3/c1-12(2)17(10-15(19)9-16(20)21-17)8-7-13-5-3-4-6-14(13)11-18/h3-6,12H,7-10H2,1-2H3. The molecule has 1 heterocycles. The third-order valence-corrected chi connectivity index (χ3v) is 4.16. The molecule has 0 saturated carbocycles. The maximum atomic E-state index is 11.8. The number of hydrogen-bond acceptors (Lipinski definition) is 4. The monoisotopic (exact) mass is 285 g/mol. The molecule has 2 rings (SSSR count). The van der Waals surface area contributed by atoms with Crippen LogP contribution in [0.5, 0.6) is 0 Å². The molecule has 1 aliphatic heterocycles. The van der Waals surface area contributed by atoms with Crippen LogP contribution in [0.25, 0.3) is 0 Å². The lowest BCUT2D eigenvalue weighted by atomic mass is 9.78. The molecule has 0 aliphatic carbocycles. The Bertz CT molecular complexity index is 582. The van der Waals surface area contributed by atoms with Gasteiger partial charge in [-0.05, 0) is 30.4 Å². The molecule has 4 heteroatoms. The molecule has 0 aromatic heterocycles. The van der Waals surface area contributed by atoms with E-state index in [0.717, 1.165) is 5.56 Å². The minimum Gasteiger partial charge on any atom is -0.458 e. The lowest BCUT2D eigenvalue weighted by molar-refractivity contribution is -0.177. The van der Waals surface area contributed by atoms with Crippen LogP contribution in [0.2, 0.25) is 0 Å². The van der Waals surface area contributed by atoms with Gasteiger partial charge in [0.2, 0.25) is 0 Å². The van der Waals surface area contributed by atoms with Crippen LogP contribution in [0.4, 0.5) is 0 Å². The van der Waals surface area contributed by atoms with E-state index < -0.39 is 11.6 Å². The van der Waals surface area contributed by atoms with Gasteiger partial charge in [-0.1, -0.05) is 32.0 Å². The lowest BCUT2D eigenvalue weighted by Crippen LogP contribution is -2.47. The van der Waals surface area contributed by atoms with Gasteiger partial charge < -0.3 is 4.74 Å². The predicted octanol–water partition coefficient (Wildman–Crippen LogP) is 2.79. The van der Waals surface area contributed by atoms with Crippen LogP contribution in [-0.4, -0.2) is 17.4 Å². The molecule has 0 bridgehead atoms. The van der Waals surface area contributed by atoms with Crippen LogP contribution < -0.4 is 0 Å². The largest absolute Gasteiger partial charge is 0.458 e. The molecule has 1 atom stereocenters. The zero-order valence-electron chi connectivity index (χ0n) is 12.4. The Morgan fingerprint density at radius 2 is 2.05 bits per heavy atom. The van der Waals surface area contributed by atoms with E-state index in [9.17, 15) is 9.59 Å². The molecule has 110 valence electrons. The fourth-order valence-electron chi connectivity index (χ4n) is 2.80. The molecule has 0 N–H and O–H groups in total. The van der Waals surface area contributed by atoms with E-state index in [0.29, 0.717) is 18.4 Å². The molecular weight excluding hydrogens is 266 g/mol. The number of Topliss-reactive ketones (excluding diaryl/α,β-unsaturated/α-hetero) is 1. The Morgan fingerprint density at radius 1 is 1.33 bits per heavy atom. The molecule has 1 aromatic rings. The zero-order valence-corrected chi connectivity index (χ0v) is 12.4. The quantitative estimate of drug-likeness (QED) is 0.630. The highest BCUT2D eigenvalue weighted by Gasteiger charge is 2.43. The summed E-state index contributed by atoms with van der Waals surface area (Å²) in [5.74, 6) is -0.443. The van der Waals surface area contributed by atoms with Gasteiger partial charge in [0.05, 0.1) is 11.6 Å². The molecule has 1 saturated heterocycles. The number of ether oxygens (including phenoxy) is 1. The van der Waals surface area contributed by atoms with Gasteiger partial charge in [0.15, 0.2) is 0 Å². The van der Waals surface area contributed by atoms with Gasteiger partial charge >= 0.3 is 5.97 Å². The van der Waals surface area contributed by atoms with Crippen molar-refractivity contribution < 1.29 is 14.3 Å². The normalized spacial score (nSPS) is 22.0. The second-order valence-corrected chi connectivity index (χ2v) is 5.85. The maximum absolute atomic E-state index is 11.8. The molecule has 0 amide bonds. The molecule has 4 nitrogen and oxygen atoms in total. The fourth-order valence-corrected chi connectivity index (χ4v) is 2.80. The van der Waals surface area contributed by atoms with Crippen LogP contribution in [0.15, 0.2) is 24.3 Å². The lowest BCUT2D eigenvalue weighted by Gasteiger charge is -2.39. The number of ketones is 1. The summed E-state index contributed by atoms with van der Waals surface area (Å²) in [7, 11) is 0. The maximum Gasteiger partial charge on any atom is 0.313 e. The van der Waals surface area contributed by atoms with Gasteiger partial charge in [0, 0.05) is 6.42 Å². The van der Waals surface area contributed by atoms with Crippen molar-refractivity contribution >= 4 is 11.8 Å². The number of nitrogens with zero attached hydrogens (tertiary/aromatic N) is 1. The van der Waals surface area contributed by atoms with E-state index in [4.69, 9.17) is 10.00 Å². The Balaban J connectivity index is 2.20. The highest BCUT2D eigenvalue weighted by molar-refractivity contribution is 5.98. The van der Waals surface area contributed by atoms with Crippen LogP contribution in [0, 0.1) is 17.2 Å². The highest BCUT2D eigenvalue weighted by atomic mass is 16.6. The zero-order chi connectivity index (χ0) is 15.5. The Hall–Kier alpha value is -2.15. The predicted molar refractivity (Wildman–Crippen MR) is 77.4 cm³/mol. The van der Waals surface area contributed by atoms with Crippen LogP contribution in [0.1, 0.15) is 44.2 Å². The average molecular weight is 285 g/mol. The summed E-state index contributed by atoms with van der Waals surface area (Å²) in [6.07, 6.45) is 1.32. The third kappa shape index (κ3) is 3.30. The number of rotatable bonds is 4. The first kappa shape index (κ1) is 15.2. The Labute approximate surface area is 124 Å². The number of carbonyl (C=O) groups excluding carboxylic acids is 2. The highest BCUT2D eigenvalue weighted by Crippen LogP contribution is 2.35. The first-order valence-corrected chi connectivity index (χ1v) is 7.18. The van der Waals surface area contributed by atoms with Crippen LogP contribution >= 0.6 is 0 Å². The van der Waals surface area contributed by atoms with Crippen molar-refractivity contribution in [1.29, 1.82) is 5.26 Å². The van der Waals surface area contributed by atoms with Crippen molar-refractivity contribution in [3.8, 4) is 6.07 Å². The van der Waals surface area contributed by atoms with Crippen LogP contribution in [-0.2, 0) is 20.7 Å². The van der Waals surface area contributed by atoms with E-state index in [1.54, 1.807) is 6.07 Å². The van der Waals surface area contributed by atoms with E-state index >= 15 is 0 Å². The topological polar surface area (TPSA) is 67.2 Å². The summed E-state index contributed by atoms with van der Waals surface area (Å²) >= 11 is 0. The number of carbonyl (C=O) groups is 2. The number of nitriles is 1. The SMILES string of the molecule is CC(C)C1(CCc2ccccc2C#N)CC(=O)CC(=O)O1. The van der Waals surface area contributed by atoms with Crippen molar-refractivity contribution in [2.24, 2.45) is 5.92 Å². The molecular formula is C17H19NO3. The van der Waals surface area contributed by atoms with Gasteiger partial charge in [-0.15, -0.1) is 0 Å². The van der Waals surface area contributed by atoms with Gasteiger partial charge in [0.25, 0.3) is 0 Å². The third-order valence-electron chi connectivity index (χ3n) is 4.16. The van der Waals surface area contributed by atoms with Crippen molar-refractivity contribution in [2.75, 3.05) is 0 Å². The molecule has 1 aromatic carbocycles. The van der Waals surface area contributed by atoms with Crippen LogP contribution in [0.3, 0.4) is 0 Å². The van der Waals surface area contributed by atoms with E-state index in [1.807, 2.05) is 32.0 Å². The summed E-state index contributed by atoms with van der Waals surface area (Å²) in [5.41, 5.74) is 0.814. The van der Waals surface area contributed by atoms with E-state index in [-0.39, 0.29) is 24.5 Å². The second kappa shape index (κ2) is 6.09. The summed E-state index contributed by atoms with van der Waals surface area (Å²) in [6.45, 7) is 3.92.